The van der Waals surface area contributed by atoms with Gasteiger partial charge in [0.1, 0.15) is 6.10 Å². The predicted octanol–water partition coefficient (Wildman–Crippen LogP) is -1.38. The second kappa shape index (κ2) is 7.02. The van der Waals surface area contributed by atoms with Crippen molar-refractivity contribution < 1.29 is 19.7 Å². The van der Waals surface area contributed by atoms with E-state index in [9.17, 15) is 4.79 Å². The predicted molar refractivity (Wildman–Crippen MR) is 42.3 cm³/mol. The first-order valence-electron chi connectivity index (χ1n) is 3.85. The highest BCUT2D eigenvalue weighted by molar-refractivity contribution is 5.71. The summed E-state index contributed by atoms with van der Waals surface area (Å²) >= 11 is 0. The molecule has 5 nitrogen and oxygen atoms in total. The second-order valence-electron chi connectivity index (χ2n) is 2.34. The van der Waals surface area contributed by atoms with Crippen LogP contribution in [-0.4, -0.2) is 42.0 Å². The maximum atomic E-state index is 10.7. The SMILES string of the molecule is NCC(=O)OC(CCO)CCO. The molecule has 0 atom stereocenters. The monoisotopic (exact) mass is 177 g/mol. The van der Waals surface area contributed by atoms with Crippen molar-refractivity contribution >= 4 is 5.97 Å². The van der Waals surface area contributed by atoms with Gasteiger partial charge in [0, 0.05) is 26.1 Å². The largest absolute Gasteiger partial charge is 0.461 e. The minimum absolute atomic E-state index is 0.0669. The highest BCUT2D eigenvalue weighted by atomic mass is 16.5. The van der Waals surface area contributed by atoms with Gasteiger partial charge < -0.3 is 20.7 Å². The molecule has 0 saturated heterocycles. The Morgan fingerprint density at radius 1 is 1.33 bits per heavy atom. The number of hydrogen-bond donors (Lipinski definition) is 3. The van der Waals surface area contributed by atoms with Crippen LogP contribution in [0.2, 0.25) is 0 Å². The maximum absolute atomic E-state index is 10.7. The summed E-state index contributed by atoms with van der Waals surface area (Å²) in [4.78, 5) is 10.7. The number of aliphatic hydroxyl groups excluding tert-OH is 2. The Morgan fingerprint density at radius 2 is 1.83 bits per heavy atom. The van der Waals surface area contributed by atoms with Gasteiger partial charge in [-0.15, -0.1) is 0 Å². The van der Waals surface area contributed by atoms with Crippen molar-refractivity contribution in [3.05, 3.63) is 0 Å². The van der Waals surface area contributed by atoms with Crippen molar-refractivity contribution in [1.29, 1.82) is 0 Å². The number of carbonyl (C=O) groups is 1. The van der Waals surface area contributed by atoms with E-state index in [4.69, 9.17) is 20.7 Å². The van der Waals surface area contributed by atoms with Gasteiger partial charge in [0.15, 0.2) is 0 Å². The minimum atomic E-state index is -0.512. The molecule has 0 aromatic heterocycles. The van der Waals surface area contributed by atoms with E-state index in [1.807, 2.05) is 0 Å². The van der Waals surface area contributed by atoms with Crippen molar-refractivity contribution in [2.75, 3.05) is 19.8 Å². The molecule has 0 spiro atoms. The summed E-state index contributed by atoms with van der Waals surface area (Å²) in [5.74, 6) is -0.512. The molecule has 0 aliphatic carbocycles. The van der Waals surface area contributed by atoms with Crippen LogP contribution in [0.3, 0.4) is 0 Å². The highest BCUT2D eigenvalue weighted by Crippen LogP contribution is 2.02. The average Bonchev–Trinajstić information content (AvgIpc) is 2.05. The Labute approximate surface area is 71.1 Å². The number of aliphatic hydroxyl groups is 2. The molecule has 0 heterocycles. The van der Waals surface area contributed by atoms with Crippen LogP contribution in [0.4, 0.5) is 0 Å². The lowest BCUT2D eigenvalue weighted by atomic mass is 10.2. The fourth-order valence-electron chi connectivity index (χ4n) is 0.784. The highest BCUT2D eigenvalue weighted by Gasteiger charge is 2.11. The third kappa shape index (κ3) is 5.06. The van der Waals surface area contributed by atoms with Crippen LogP contribution in [0.15, 0.2) is 0 Å². The van der Waals surface area contributed by atoms with E-state index in [0.29, 0.717) is 12.8 Å². The molecular formula is C7H15NO4. The van der Waals surface area contributed by atoms with Crippen LogP contribution in [0, 0.1) is 0 Å². The lowest BCUT2D eigenvalue weighted by molar-refractivity contribution is -0.148. The first-order valence-corrected chi connectivity index (χ1v) is 3.85. The molecule has 0 saturated carbocycles. The molecule has 0 aromatic carbocycles. The molecule has 0 aliphatic heterocycles. The van der Waals surface area contributed by atoms with Gasteiger partial charge in [-0.05, 0) is 0 Å². The summed E-state index contributed by atoms with van der Waals surface area (Å²) in [7, 11) is 0. The lowest BCUT2D eigenvalue weighted by Gasteiger charge is -2.14. The Morgan fingerprint density at radius 3 is 2.17 bits per heavy atom. The summed E-state index contributed by atoms with van der Waals surface area (Å²) in [6.07, 6.45) is 0.259. The van der Waals surface area contributed by atoms with E-state index in [0.717, 1.165) is 0 Å². The third-order valence-electron chi connectivity index (χ3n) is 1.37. The number of hydrogen-bond acceptors (Lipinski definition) is 5. The zero-order valence-electron chi connectivity index (χ0n) is 6.90. The molecule has 0 rings (SSSR count). The van der Waals surface area contributed by atoms with Gasteiger partial charge in [0.25, 0.3) is 0 Å². The van der Waals surface area contributed by atoms with Gasteiger partial charge >= 0.3 is 5.97 Å². The smallest absolute Gasteiger partial charge is 0.319 e. The van der Waals surface area contributed by atoms with E-state index in [2.05, 4.69) is 0 Å². The molecule has 12 heavy (non-hydrogen) atoms. The van der Waals surface area contributed by atoms with Gasteiger partial charge in [0.2, 0.25) is 0 Å². The van der Waals surface area contributed by atoms with E-state index in [1.165, 1.54) is 0 Å². The number of ether oxygens (including phenoxy) is 1. The number of nitrogens with two attached hydrogens (primary N) is 1. The van der Waals surface area contributed by atoms with Crippen molar-refractivity contribution in [1.82, 2.24) is 0 Å². The third-order valence-corrected chi connectivity index (χ3v) is 1.37. The van der Waals surface area contributed by atoms with E-state index < -0.39 is 12.1 Å². The van der Waals surface area contributed by atoms with Crippen LogP contribution >= 0.6 is 0 Å². The summed E-state index contributed by atoms with van der Waals surface area (Å²) in [6, 6.07) is 0. The van der Waals surface area contributed by atoms with Crippen molar-refractivity contribution in [2.24, 2.45) is 5.73 Å². The first kappa shape index (κ1) is 11.4. The van der Waals surface area contributed by atoms with E-state index in [1.54, 1.807) is 0 Å². The molecule has 5 heteroatoms. The van der Waals surface area contributed by atoms with Gasteiger partial charge in [-0.3, -0.25) is 4.79 Å². The topological polar surface area (TPSA) is 92.8 Å². The van der Waals surface area contributed by atoms with Gasteiger partial charge in [-0.1, -0.05) is 0 Å². The maximum Gasteiger partial charge on any atom is 0.319 e. The number of rotatable bonds is 6. The van der Waals surface area contributed by atoms with Crippen molar-refractivity contribution in [3.63, 3.8) is 0 Å². The van der Waals surface area contributed by atoms with E-state index in [-0.39, 0.29) is 19.8 Å². The van der Waals surface area contributed by atoms with Gasteiger partial charge in [-0.2, -0.15) is 0 Å². The lowest BCUT2D eigenvalue weighted by Crippen LogP contribution is -2.25. The Bertz CT molecular complexity index is 123. The second-order valence-corrected chi connectivity index (χ2v) is 2.34. The van der Waals surface area contributed by atoms with Crippen molar-refractivity contribution in [2.45, 2.75) is 18.9 Å². The Hall–Kier alpha value is -0.650. The average molecular weight is 177 g/mol. The molecular weight excluding hydrogens is 162 g/mol. The van der Waals surface area contributed by atoms with Crippen LogP contribution in [0.5, 0.6) is 0 Å². The van der Waals surface area contributed by atoms with Crippen LogP contribution < -0.4 is 5.73 Å². The van der Waals surface area contributed by atoms with Crippen LogP contribution in [-0.2, 0) is 9.53 Å². The molecule has 0 bridgehead atoms. The fourth-order valence-corrected chi connectivity index (χ4v) is 0.784. The molecule has 0 aliphatic rings. The quantitative estimate of drug-likeness (QED) is 0.435. The summed E-state index contributed by atoms with van der Waals surface area (Å²) in [5, 5.41) is 17.1. The normalized spacial score (nSPS) is 10.3. The first-order chi connectivity index (χ1) is 5.74. The standard InChI is InChI=1S/C7H15NO4/c8-5-7(11)12-6(1-3-9)2-4-10/h6,9-10H,1-5,8H2. The van der Waals surface area contributed by atoms with Crippen LogP contribution in [0.25, 0.3) is 0 Å². The summed E-state index contributed by atoms with van der Waals surface area (Å²) < 4.78 is 4.80. The molecule has 0 fully saturated rings. The summed E-state index contributed by atoms with van der Waals surface area (Å²) in [6.45, 7) is -0.307. The van der Waals surface area contributed by atoms with Gasteiger partial charge in [0.05, 0.1) is 6.54 Å². The fraction of sp³-hybridized carbons (Fsp3) is 0.857. The number of carbonyl (C=O) groups excluding carboxylic acids is 1. The Balaban J connectivity index is 3.68. The summed E-state index contributed by atoms with van der Waals surface area (Å²) in [5.41, 5.74) is 5.01. The zero-order valence-corrected chi connectivity index (χ0v) is 6.90. The molecule has 0 aromatic rings. The molecule has 4 N–H and O–H groups in total. The molecule has 72 valence electrons. The number of esters is 1. The van der Waals surface area contributed by atoms with Gasteiger partial charge in [-0.25, -0.2) is 0 Å². The van der Waals surface area contributed by atoms with E-state index >= 15 is 0 Å². The van der Waals surface area contributed by atoms with Crippen molar-refractivity contribution in [3.8, 4) is 0 Å². The Kier molecular flexibility index (Phi) is 6.64. The minimum Gasteiger partial charge on any atom is -0.461 e. The zero-order chi connectivity index (χ0) is 9.40. The molecule has 0 unspecified atom stereocenters. The van der Waals surface area contributed by atoms with Crippen LogP contribution in [0.1, 0.15) is 12.8 Å². The molecule has 0 radical (unpaired) electrons. The molecule has 0 amide bonds.